The van der Waals surface area contributed by atoms with E-state index < -0.39 is 9.84 Å². The first-order valence-electron chi connectivity index (χ1n) is 5.24. The Labute approximate surface area is 87.4 Å². The van der Waals surface area contributed by atoms with Gasteiger partial charge in [0.05, 0.1) is 5.75 Å². The molecule has 3 nitrogen and oxygen atoms in total. The van der Waals surface area contributed by atoms with E-state index in [1.165, 1.54) is 19.1 Å². The lowest BCUT2D eigenvalue weighted by Crippen LogP contribution is -2.40. The van der Waals surface area contributed by atoms with Crippen molar-refractivity contribution in [3.05, 3.63) is 6.92 Å². The van der Waals surface area contributed by atoms with Crippen LogP contribution in [0.4, 0.5) is 0 Å². The predicted octanol–water partition coefficient (Wildman–Crippen LogP) is 1.11. The molecule has 0 aromatic rings. The molecule has 0 amide bonds. The third-order valence-electron chi connectivity index (χ3n) is 2.86. The third kappa shape index (κ3) is 3.96. The van der Waals surface area contributed by atoms with Crippen LogP contribution in [-0.4, -0.2) is 44.5 Å². The normalized spacial score (nSPS) is 25.1. The molecule has 1 radical (unpaired) electrons. The summed E-state index contributed by atoms with van der Waals surface area (Å²) < 4.78 is 22.1. The van der Waals surface area contributed by atoms with Crippen LogP contribution < -0.4 is 0 Å². The number of nitrogens with zero attached hydrogens (tertiary/aromatic N) is 1. The molecule has 0 bridgehead atoms. The molecule has 1 aliphatic rings. The Morgan fingerprint density at radius 3 is 2.71 bits per heavy atom. The molecule has 1 atom stereocenters. The highest BCUT2D eigenvalue weighted by Crippen LogP contribution is 2.19. The van der Waals surface area contributed by atoms with Gasteiger partial charge in [0.1, 0.15) is 9.84 Å². The van der Waals surface area contributed by atoms with Gasteiger partial charge in [0.2, 0.25) is 0 Å². The van der Waals surface area contributed by atoms with Gasteiger partial charge in [0, 0.05) is 12.3 Å². The summed E-state index contributed by atoms with van der Waals surface area (Å²) in [5, 5.41) is 0. The summed E-state index contributed by atoms with van der Waals surface area (Å²) in [5.74, 6) is 0.314. The van der Waals surface area contributed by atoms with Crippen molar-refractivity contribution >= 4 is 9.84 Å². The number of rotatable bonds is 4. The molecule has 1 heterocycles. The SMILES string of the molecule is [CH2]CN1CCCCC1CCS(C)(=O)=O. The number of likely N-dealkylation sites (tertiary alicyclic amines) is 1. The number of hydrogen-bond donors (Lipinski definition) is 0. The minimum Gasteiger partial charge on any atom is -0.300 e. The Morgan fingerprint density at radius 2 is 2.14 bits per heavy atom. The van der Waals surface area contributed by atoms with E-state index in [1.54, 1.807) is 0 Å². The largest absolute Gasteiger partial charge is 0.300 e. The monoisotopic (exact) mass is 218 g/mol. The van der Waals surface area contributed by atoms with E-state index in [9.17, 15) is 8.42 Å². The van der Waals surface area contributed by atoms with Gasteiger partial charge in [-0.1, -0.05) is 6.42 Å². The van der Waals surface area contributed by atoms with Crippen molar-refractivity contribution in [1.29, 1.82) is 0 Å². The molecule has 14 heavy (non-hydrogen) atoms. The van der Waals surface area contributed by atoms with Crippen molar-refractivity contribution in [3.8, 4) is 0 Å². The van der Waals surface area contributed by atoms with E-state index in [0.29, 0.717) is 11.8 Å². The zero-order valence-electron chi connectivity index (χ0n) is 8.91. The van der Waals surface area contributed by atoms with Crippen LogP contribution in [0.5, 0.6) is 0 Å². The second-order valence-electron chi connectivity index (χ2n) is 4.10. The maximum absolute atomic E-state index is 11.0. The molecule has 1 aliphatic heterocycles. The molecule has 0 aromatic heterocycles. The molecular weight excluding hydrogens is 198 g/mol. The highest BCUT2D eigenvalue weighted by Gasteiger charge is 2.21. The number of piperidine rings is 1. The maximum Gasteiger partial charge on any atom is 0.147 e. The highest BCUT2D eigenvalue weighted by atomic mass is 32.2. The van der Waals surface area contributed by atoms with Crippen LogP contribution in [0.1, 0.15) is 25.7 Å². The molecular formula is C10H20NO2S. The van der Waals surface area contributed by atoms with Crippen LogP contribution in [0.25, 0.3) is 0 Å². The third-order valence-corrected chi connectivity index (χ3v) is 3.84. The number of sulfone groups is 1. The van der Waals surface area contributed by atoms with Crippen LogP contribution >= 0.6 is 0 Å². The summed E-state index contributed by atoms with van der Waals surface area (Å²) in [6.07, 6.45) is 5.67. The van der Waals surface area contributed by atoms with E-state index in [0.717, 1.165) is 25.9 Å². The second-order valence-corrected chi connectivity index (χ2v) is 6.36. The molecule has 0 N–H and O–H groups in total. The average Bonchev–Trinajstić information content (AvgIpc) is 2.14. The molecule has 1 unspecified atom stereocenters. The molecule has 0 saturated carbocycles. The zero-order chi connectivity index (χ0) is 10.6. The van der Waals surface area contributed by atoms with Gasteiger partial charge in [-0.3, -0.25) is 0 Å². The lowest BCUT2D eigenvalue weighted by atomic mass is 10.0. The lowest BCUT2D eigenvalue weighted by Gasteiger charge is -2.34. The predicted molar refractivity (Wildman–Crippen MR) is 58.9 cm³/mol. The van der Waals surface area contributed by atoms with Gasteiger partial charge in [0.25, 0.3) is 0 Å². The maximum atomic E-state index is 11.0. The van der Waals surface area contributed by atoms with E-state index in [4.69, 9.17) is 0 Å². The van der Waals surface area contributed by atoms with Crippen molar-refractivity contribution < 1.29 is 8.42 Å². The minimum absolute atomic E-state index is 0.314. The molecule has 4 heteroatoms. The Morgan fingerprint density at radius 1 is 1.43 bits per heavy atom. The highest BCUT2D eigenvalue weighted by molar-refractivity contribution is 7.90. The first-order chi connectivity index (χ1) is 6.53. The number of hydrogen-bond acceptors (Lipinski definition) is 3. The Bertz CT molecular complexity index is 261. The van der Waals surface area contributed by atoms with Gasteiger partial charge < -0.3 is 4.90 Å². The average molecular weight is 218 g/mol. The Hall–Kier alpha value is -0.0900. The molecule has 1 rings (SSSR count). The van der Waals surface area contributed by atoms with Crippen LogP contribution in [0.3, 0.4) is 0 Å². The fourth-order valence-corrected chi connectivity index (χ4v) is 2.73. The van der Waals surface area contributed by atoms with Crippen molar-refractivity contribution in [3.63, 3.8) is 0 Å². The fraction of sp³-hybridized carbons (Fsp3) is 0.900. The summed E-state index contributed by atoms with van der Waals surface area (Å²) in [6.45, 7) is 5.76. The standard InChI is InChI=1S/C10H20NO2S/c1-3-11-8-5-4-6-10(11)7-9-14(2,12)13/h10H,1,3-9H2,2H3. The van der Waals surface area contributed by atoms with Crippen LogP contribution in [0.15, 0.2) is 0 Å². The molecule has 1 saturated heterocycles. The van der Waals surface area contributed by atoms with Gasteiger partial charge in [0.15, 0.2) is 0 Å². The molecule has 83 valence electrons. The first-order valence-corrected chi connectivity index (χ1v) is 7.30. The van der Waals surface area contributed by atoms with E-state index in [1.807, 2.05) is 0 Å². The topological polar surface area (TPSA) is 37.4 Å². The lowest BCUT2D eigenvalue weighted by molar-refractivity contribution is 0.160. The van der Waals surface area contributed by atoms with Crippen molar-refractivity contribution in [2.75, 3.05) is 25.1 Å². The van der Waals surface area contributed by atoms with Gasteiger partial charge in [-0.25, -0.2) is 8.42 Å². The Kier molecular flexibility index (Phi) is 4.38. The van der Waals surface area contributed by atoms with Crippen LogP contribution in [-0.2, 0) is 9.84 Å². The minimum atomic E-state index is -2.80. The molecule has 0 aliphatic carbocycles. The van der Waals surface area contributed by atoms with Crippen molar-refractivity contribution in [1.82, 2.24) is 4.90 Å². The zero-order valence-corrected chi connectivity index (χ0v) is 9.72. The molecule has 0 aromatic carbocycles. The van der Waals surface area contributed by atoms with Gasteiger partial charge >= 0.3 is 0 Å². The summed E-state index contributed by atoms with van der Waals surface area (Å²) >= 11 is 0. The summed E-state index contributed by atoms with van der Waals surface area (Å²) in [6, 6.07) is 0.441. The van der Waals surface area contributed by atoms with E-state index in [-0.39, 0.29) is 0 Å². The van der Waals surface area contributed by atoms with Gasteiger partial charge in [-0.2, -0.15) is 0 Å². The quantitative estimate of drug-likeness (QED) is 0.709. The summed E-state index contributed by atoms with van der Waals surface area (Å²) in [5.41, 5.74) is 0. The molecule has 1 fully saturated rings. The fourth-order valence-electron chi connectivity index (χ4n) is 2.03. The van der Waals surface area contributed by atoms with Crippen LogP contribution in [0, 0.1) is 6.92 Å². The second kappa shape index (κ2) is 5.12. The van der Waals surface area contributed by atoms with Gasteiger partial charge in [-0.05, 0) is 39.3 Å². The molecule has 0 spiro atoms. The smallest absolute Gasteiger partial charge is 0.147 e. The van der Waals surface area contributed by atoms with Crippen molar-refractivity contribution in [2.24, 2.45) is 0 Å². The summed E-state index contributed by atoms with van der Waals surface area (Å²) in [4.78, 5) is 2.30. The first kappa shape index (κ1) is 12.0. The van der Waals surface area contributed by atoms with Crippen LogP contribution in [0.2, 0.25) is 0 Å². The van der Waals surface area contributed by atoms with E-state index >= 15 is 0 Å². The van der Waals surface area contributed by atoms with E-state index in [2.05, 4.69) is 11.8 Å². The van der Waals surface area contributed by atoms with Gasteiger partial charge in [-0.15, -0.1) is 0 Å². The Balaban J connectivity index is 2.41. The van der Waals surface area contributed by atoms with Crippen molar-refractivity contribution in [2.45, 2.75) is 31.7 Å². The summed E-state index contributed by atoms with van der Waals surface area (Å²) in [7, 11) is -2.80.